The molecule has 5 aromatic carbocycles. The molecule has 3 aliphatic carbocycles. The Kier molecular flexibility index (Phi) is 23.9. The van der Waals surface area contributed by atoms with Crippen molar-refractivity contribution < 1.29 is 13.4 Å². The second kappa shape index (κ2) is 35.7. The van der Waals surface area contributed by atoms with Crippen molar-refractivity contribution in [3.63, 3.8) is 0 Å². The van der Waals surface area contributed by atoms with E-state index in [0.29, 0.717) is 134 Å². The van der Waals surface area contributed by atoms with Crippen LogP contribution in [-0.4, -0.2) is 109 Å². The average Bonchev–Trinajstić information content (AvgIpc) is 0.902. The molecule has 0 spiro atoms. The van der Waals surface area contributed by atoms with Crippen LogP contribution < -0.4 is 66.4 Å². The summed E-state index contributed by atoms with van der Waals surface area (Å²) < 4.78 is 23.4. The van der Waals surface area contributed by atoms with E-state index in [9.17, 15) is 19.2 Å². The number of nitrogen functional groups attached to an aromatic ring is 4. The maximum atomic E-state index is 13.6. The number of aromatic nitrogens is 22. The molecule has 12 heterocycles. The van der Waals surface area contributed by atoms with E-state index in [2.05, 4.69) is 107 Å². The molecule has 41 heteroatoms. The van der Waals surface area contributed by atoms with Crippen LogP contribution in [0, 0.1) is 20.8 Å². The van der Waals surface area contributed by atoms with Gasteiger partial charge in [0.25, 0.3) is 34.0 Å². The lowest BCUT2D eigenvalue weighted by Crippen LogP contribution is -2.27. The Hall–Kier alpha value is -14.7. The van der Waals surface area contributed by atoms with Crippen molar-refractivity contribution in [1.82, 2.24) is 109 Å². The molecule has 3 saturated carbocycles. The fraction of sp³-hybridized carbons (Fsp3) is 0.253. The first-order chi connectivity index (χ1) is 61.8. The van der Waals surface area contributed by atoms with Gasteiger partial charge in [-0.1, -0.05) is 125 Å². The van der Waals surface area contributed by atoms with E-state index in [4.69, 9.17) is 82.7 Å². The number of aryl methyl sites for hydroxylation is 4. The van der Waals surface area contributed by atoms with Gasteiger partial charge in [-0.2, -0.15) is 9.78 Å². The number of hydrogen-bond donors (Lipinski definition) is 8. The van der Waals surface area contributed by atoms with Crippen LogP contribution in [0.2, 0.25) is 20.1 Å². The highest BCUT2D eigenvalue weighted by Gasteiger charge is 2.35. The van der Waals surface area contributed by atoms with Crippen LogP contribution in [0.5, 0.6) is 0 Å². The largest absolute Gasteiger partial charge is 0.421 e. The summed E-state index contributed by atoms with van der Waals surface area (Å²) in [5.41, 5.74) is 29.8. The first kappa shape index (κ1) is 85.5. The summed E-state index contributed by atoms with van der Waals surface area (Å²) in [6.07, 6.45) is 12.0. The Morgan fingerprint density at radius 1 is 0.422 bits per heavy atom. The summed E-state index contributed by atoms with van der Waals surface area (Å²) in [5, 5.41) is 52.5. The molecular weight excluding hydrogens is 1720 g/mol. The van der Waals surface area contributed by atoms with Crippen molar-refractivity contribution in [2.75, 3.05) is 44.2 Å². The lowest BCUT2D eigenvalue weighted by Gasteiger charge is -2.24. The second-order valence-corrected chi connectivity index (χ2v) is 32.5. The molecule has 0 unspecified atom stereocenters. The predicted molar refractivity (Wildman–Crippen MR) is 489 cm³/mol. The van der Waals surface area contributed by atoms with Crippen LogP contribution in [0.3, 0.4) is 0 Å². The number of fused-ring (bicyclic) bond motifs is 4. The summed E-state index contributed by atoms with van der Waals surface area (Å²) in [6.45, 7) is 13.0. The van der Waals surface area contributed by atoms with Gasteiger partial charge in [-0.05, 0) is 153 Å². The number of para-hydroxylation sites is 1. The summed E-state index contributed by atoms with van der Waals surface area (Å²) >= 11 is 25.5. The number of rotatable bonds is 21. The predicted octanol–water partition coefficient (Wildman–Crippen LogP) is 15.5. The molecule has 0 bridgehead atoms. The summed E-state index contributed by atoms with van der Waals surface area (Å²) in [4.78, 5) is 93.0. The number of halogens is 4. The van der Waals surface area contributed by atoms with Gasteiger partial charge in [-0.3, -0.25) is 23.7 Å². The quantitative estimate of drug-likeness (QED) is 0.0331. The highest BCUT2D eigenvalue weighted by molar-refractivity contribution is 6.36. The molecule has 0 radical (unpaired) electrons. The minimum Gasteiger partial charge on any atom is -0.421 e. The molecule has 0 amide bonds. The minimum absolute atomic E-state index is 0.0687. The van der Waals surface area contributed by atoms with E-state index < -0.39 is 0 Å². The molecular formula is C87H82Cl4N30O7. The topological polar surface area (TPSA) is 504 Å². The third-order valence-corrected chi connectivity index (χ3v) is 23.2. The van der Waals surface area contributed by atoms with Gasteiger partial charge in [-0.15, -0.1) is 30.6 Å². The van der Waals surface area contributed by atoms with Crippen LogP contribution in [0.15, 0.2) is 185 Å². The smallest absolute Gasteiger partial charge is 0.264 e. The van der Waals surface area contributed by atoms with E-state index in [-0.39, 0.29) is 99.6 Å². The molecule has 4 atom stereocenters. The molecule has 12 N–H and O–H groups in total. The third kappa shape index (κ3) is 17.2. The number of anilines is 8. The second-order valence-electron chi connectivity index (χ2n) is 30.9. The van der Waals surface area contributed by atoms with Gasteiger partial charge in [0, 0.05) is 67.4 Å². The van der Waals surface area contributed by atoms with Crippen molar-refractivity contribution in [2.45, 2.75) is 136 Å². The van der Waals surface area contributed by atoms with Gasteiger partial charge in [0.1, 0.15) is 94.1 Å². The Morgan fingerprint density at radius 2 is 0.789 bits per heavy atom. The van der Waals surface area contributed by atoms with Gasteiger partial charge in [0.15, 0.2) is 0 Å². The van der Waals surface area contributed by atoms with E-state index in [1.165, 1.54) is 30.1 Å². The maximum absolute atomic E-state index is 13.6. The van der Waals surface area contributed by atoms with E-state index in [0.717, 1.165) is 77.2 Å². The van der Waals surface area contributed by atoms with Crippen LogP contribution in [0.1, 0.15) is 155 Å². The van der Waals surface area contributed by atoms with Crippen molar-refractivity contribution in [1.29, 1.82) is 0 Å². The van der Waals surface area contributed by atoms with Crippen molar-refractivity contribution in [3.8, 4) is 51.4 Å². The highest BCUT2D eigenvalue weighted by Crippen LogP contribution is 2.44. The molecule has 37 nitrogen and oxygen atoms in total. The fourth-order valence-electron chi connectivity index (χ4n) is 15.5. The standard InChI is InChI=1S/C24H20ClN7O2.C22H22ClN7O2.C21H20ClN7O2.C20H20ClN9O/c1-13(29-22-20(21(26)27-12-28-22)23-31-30-14(2)34-23)18-11-15-7-6-10-17(25)19(15)24(33)32(18)16-8-4-3-5-9-16;1-3-15(27-20-18(19(24)25-10-26-20)21-29-28-11(2)32-21)16-9-12-5-4-6-14(23)17(12)22(31)30(16)13-7-8-13;1-10(26-19-17(18(23)24-9-25-19)20-27-11(2)31-28-20)15-8-12-4-3-5-14(22)16(12)21(30)29(15)13-6-7-13;1-10(25-18-16(17(22)23-9-24-18)19-26-28-29(2)27-19)14-8-11-4-3-5-13(21)15(11)20(31)30(14)12-6-7-12/h3-13H,1-2H3,(H3,26,27,28,29);4-6,9-10,13,15H,3,7-8H2,1-2H3,(H3,24,25,26,27);3-5,8-10,13H,6-7H2,1-2H3,(H3,23,24,25,26);3-5,8-10,12H,6-7H2,1-2H3,(H3,22,23,24,25)/t13-;15-;2*10-/m0000/s1. The summed E-state index contributed by atoms with van der Waals surface area (Å²) in [5.74, 6) is 4.96. The monoisotopic (exact) mass is 1800 g/mol. The number of nitrogens with two attached hydrogens (primary N) is 4. The molecule has 17 aromatic rings. The molecule has 650 valence electrons. The zero-order valence-electron chi connectivity index (χ0n) is 69.9. The van der Waals surface area contributed by atoms with E-state index >= 15 is 0 Å². The SMILES string of the molecule is CC[C@H](Nc1ncnc(N)c1-c1nnc(C)o1)c1cc2cccc(Cl)c2c(=O)n1C1CC1.C[C@H](Nc1ncnc(N)c1-c1nnn(C)n1)c1cc2cccc(Cl)c2c(=O)n1C1CC1.Cc1nc(-c2c(N)ncnc2N[C@@H](C)c2cc3cccc(Cl)c3c(=O)n2C2CC2)no1.Cc1nnc(-c2c(N)ncnc2N[C@@H](C)c2cc3cccc(Cl)c3c(=O)n2-c2ccccc2)o1. The molecule has 20 rings (SSSR count). The van der Waals surface area contributed by atoms with Gasteiger partial charge in [-0.25, -0.2) is 39.9 Å². The zero-order valence-corrected chi connectivity index (χ0v) is 73.0. The number of hydrogen-bond acceptors (Lipinski definition) is 32. The normalized spacial score (nSPS) is 14.0. The van der Waals surface area contributed by atoms with Crippen molar-refractivity contribution in [2.24, 2.45) is 7.05 Å². The van der Waals surface area contributed by atoms with Crippen LogP contribution in [0.25, 0.3) is 94.5 Å². The molecule has 3 aliphatic rings. The minimum atomic E-state index is -0.381. The Balaban J connectivity index is 0.000000120. The maximum Gasteiger partial charge on any atom is 0.264 e. The first-order valence-corrected chi connectivity index (χ1v) is 42.3. The zero-order chi connectivity index (χ0) is 89.6. The number of pyridine rings is 4. The van der Waals surface area contributed by atoms with E-state index in [1.807, 2.05) is 145 Å². The van der Waals surface area contributed by atoms with Crippen LogP contribution in [-0.2, 0) is 7.05 Å². The molecule has 0 aliphatic heterocycles. The molecule has 0 saturated heterocycles. The van der Waals surface area contributed by atoms with Gasteiger partial charge < -0.3 is 71.3 Å². The molecule has 12 aromatic heterocycles. The van der Waals surface area contributed by atoms with Gasteiger partial charge in [0.05, 0.1) is 72.9 Å². The van der Waals surface area contributed by atoms with Gasteiger partial charge in [0.2, 0.25) is 29.3 Å². The fourth-order valence-corrected chi connectivity index (χ4v) is 16.5. The summed E-state index contributed by atoms with van der Waals surface area (Å²) in [7, 11) is 1.67. The van der Waals surface area contributed by atoms with Crippen molar-refractivity contribution >= 4 is 136 Å². The first-order valence-electron chi connectivity index (χ1n) is 40.8. The van der Waals surface area contributed by atoms with Crippen molar-refractivity contribution in [3.05, 3.63) is 255 Å². The van der Waals surface area contributed by atoms with Crippen LogP contribution in [0.4, 0.5) is 46.5 Å². The third-order valence-electron chi connectivity index (χ3n) is 21.9. The Bertz CT molecular complexity index is 7180. The number of nitrogens with one attached hydrogen (secondary N) is 4. The molecule has 3 fully saturated rings. The highest BCUT2D eigenvalue weighted by atomic mass is 35.5. The van der Waals surface area contributed by atoms with E-state index in [1.54, 1.807) is 56.7 Å². The number of nitrogens with zero attached hydrogens (tertiary/aromatic N) is 22. The average molecular weight is 1800 g/mol. The van der Waals surface area contributed by atoms with Gasteiger partial charge >= 0.3 is 0 Å². The molecule has 128 heavy (non-hydrogen) atoms. The number of benzene rings is 5. The Morgan fingerprint density at radius 3 is 1.16 bits per heavy atom. The lowest BCUT2D eigenvalue weighted by atomic mass is 10.0. The summed E-state index contributed by atoms with van der Waals surface area (Å²) in [6, 6.07) is 38.6. The van der Waals surface area contributed by atoms with Crippen LogP contribution >= 0.6 is 46.4 Å². The lowest BCUT2D eigenvalue weighted by molar-refractivity contribution is 0.394. The number of tetrazole rings is 1. The Labute approximate surface area is 746 Å².